The van der Waals surface area contributed by atoms with Crippen LogP contribution < -0.4 is 0 Å². The maximum Gasteiger partial charge on any atom is -0.00176 e. The van der Waals surface area contributed by atoms with E-state index in [0.717, 1.165) is 0 Å². The molecule has 86 valence electrons. The monoisotopic (exact) mass is 222 g/mol. The van der Waals surface area contributed by atoms with Crippen molar-refractivity contribution in [2.45, 2.75) is 25.7 Å². The van der Waals surface area contributed by atoms with E-state index in [1.54, 1.807) is 0 Å². The summed E-state index contributed by atoms with van der Waals surface area (Å²) in [6, 6.07) is 21.1. The third-order valence-electron chi connectivity index (χ3n) is 3.10. The van der Waals surface area contributed by atoms with Crippen molar-refractivity contribution in [1.82, 2.24) is 0 Å². The minimum Gasteiger partial charge on any atom is -0.0622 e. The smallest absolute Gasteiger partial charge is 0.00176 e. The van der Waals surface area contributed by atoms with E-state index in [4.69, 9.17) is 0 Å². The highest BCUT2D eigenvalue weighted by Gasteiger charge is 2.12. The summed E-state index contributed by atoms with van der Waals surface area (Å²) in [5, 5.41) is 0. The van der Waals surface area contributed by atoms with Gasteiger partial charge in [-0.1, -0.05) is 74.5 Å². The lowest BCUT2D eigenvalue weighted by Gasteiger charge is -2.17. The van der Waals surface area contributed by atoms with Crippen molar-refractivity contribution in [3.63, 3.8) is 0 Å². The minimum absolute atomic E-state index is 0.367. The summed E-state index contributed by atoms with van der Waals surface area (Å²) in [5.74, 6) is 0.734. The molecule has 0 fully saturated rings. The predicted molar refractivity (Wildman–Crippen MR) is 73.0 cm³/mol. The van der Waals surface area contributed by atoms with Gasteiger partial charge in [0.1, 0.15) is 0 Å². The minimum atomic E-state index is 0.367. The molecule has 2 aromatic carbocycles. The van der Waals surface area contributed by atoms with Crippen LogP contribution in [0.4, 0.5) is 0 Å². The van der Waals surface area contributed by atoms with Crippen LogP contribution in [-0.2, 0) is 0 Å². The Kier molecular flexibility index (Phi) is 3.98. The van der Waals surface area contributed by atoms with Crippen LogP contribution in [0.25, 0.3) is 0 Å². The molecule has 2 unspecified atom stereocenters. The first-order chi connectivity index (χ1) is 8.27. The highest BCUT2D eigenvalue weighted by Crippen LogP contribution is 2.27. The Morgan fingerprint density at radius 3 is 1.35 bits per heavy atom. The maximum atomic E-state index is 3.61. The van der Waals surface area contributed by atoms with Gasteiger partial charge in [-0.15, -0.1) is 0 Å². The van der Waals surface area contributed by atoms with E-state index in [1.165, 1.54) is 11.1 Å². The summed E-state index contributed by atoms with van der Waals surface area (Å²) in [6.07, 6.45) is 3.61. The van der Waals surface area contributed by atoms with Gasteiger partial charge in [-0.05, 0) is 29.4 Å². The Morgan fingerprint density at radius 1 is 0.647 bits per heavy atom. The van der Waals surface area contributed by atoms with Crippen molar-refractivity contribution in [3.05, 3.63) is 78.2 Å². The van der Waals surface area contributed by atoms with Crippen LogP contribution >= 0.6 is 0 Å². The second kappa shape index (κ2) is 5.67. The van der Waals surface area contributed by atoms with Crippen molar-refractivity contribution in [2.75, 3.05) is 0 Å². The zero-order valence-corrected chi connectivity index (χ0v) is 10.4. The van der Waals surface area contributed by atoms with Gasteiger partial charge >= 0.3 is 0 Å². The fraction of sp³-hybridized carbons (Fsp3) is 0.235. The zero-order valence-electron chi connectivity index (χ0n) is 10.4. The molecule has 0 heterocycles. The van der Waals surface area contributed by atoms with Crippen LogP contribution in [0.5, 0.6) is 0 Å². The quantitative estimate of drug-likeness (QED) is 0.705. The molecule has 17 heavy (non-hydrogen) atoms. The summed E-state index contributed by atoms with van der Waals surface area (Å²) in [4.78, 5) is 0. The summed E-state index contributed by atoms with van der Waals surface area (Å²) >= 11 is 0. The van der Waals surface area contributed by atoms with Crippen LogP contribution in [0.3, 0.4) is 0 Å². The van der Waals surface area contributed by atoms with Crippen molar-refractivity contribution < 1.29 is 0 Å². The first kappa shape index (κ1) is 11.9. The van der Waals surface area contributed by atoms with Crippen LogP contribution in [-0.4, -0.2) is 0 Å². The molecule has 2 radical (unpaired) electrons. The van der Waals surface area contributed by atoms with Crippen molar-refractivity contribution in [3.8, 4) is 0 Å². The van der Waals surface area contributed by atoms with E-state index in [2.05, 4.69) is 80.9 Å². The largest absolute Gasteiger partial charge is 0.0622 e. The lowest BCUT2D eigenvalue weighted by molar-refractivity contribution is 0.751. The molecule has 0 aliphatic heterocycles. The molecule has 0 aliphatic rings. The summed E-state index contributed by atoms with van der Waals surface area (Å²) in [6.45, 7) is 4.41. The number of hydrogen-bond donors (Lipinski definition) is 0. The van der Waals surface area contributed by atoms with Crippen molar-refractivity contribution in [2.24, 2.45) is 0 Å². The molecule has 0 nitrogen and oxygen atoms in total. The Labute approximate surface area is 104 Å². The molecular weight excluding hydrogens is 204 g/mol. The van der Waals surface area contributed by atoms with Gasteiger partial charge < -0.3 is 0 Å². The molecule has 2 atom stereocenters. The van der Waals surface area contributed by atoms with Crippen LogP contribution in [0.2, 0.25) is 0 Å². The molecule has 0 saturated heterocycles. The predicted octanol–water partition coefficient (Wildman–Crippen LogP) is 4.68. The SMILES string of the molecule is CC([C]C(C)c1ccccc1)c1ccccc1. The molecule has 0 spiro atoms. The van der Waals surface area contributed by atoms with Gasteiger partial charge in [-0.3, -0.25) is 0 Å². The highest BCUT2D eigenvalue weighted by atomic mass is 14.2. The normalized spacial score (nSPS) is 14.2. The van der Waals surface area contributed by atoms with Gasteiger partial charge in [0.25, 0.3) is 0 Å². The van der Waals surface area contributed by atoms with Gasteiger partial charge in [0.15, 0.2) is 0 Å². The number of hydrogen-bond acceptors (Lipinski definition) is 0. The molecule has 2 aromatic rings. The third kappa shape index (κ3) is 3.20. The van der Waals surface area contributed by atoms with Gasteiger partial charge in [-0.25, -0.2) is 0 Å². The zero-order chi connectivity index (χ0) is 12.1. The molecule has 2 rings (SSSR count). The highest BCUT2D eigenvalue weighted by molar-refractivity contribution is 5.27. The number of benzene rings is 2. The van der Waals surface area contributed by atoms with E-state index < -0.39 is 0 Å². The molecule has 0 heteroatoms. The van der Waals surface area contributed by atoms with Crippen LogP contribution in [0, 0.1) is 6.42 Å². The molecular formula is C17H18. The van der Waals surface area contributed by atoms with E-state index in [-0.39, 0.29) is 0 Å². The van der Waals surface area contributed by atoms with Crippen LogP contribution in [0.1, 0.15) is 36.8 Å². The van der Waals surface area contributed by atoms with E-state index in [0.29, 0.717) is 11.8 Å². The molecule has 0 N–H and O–H groups in total. The summed E-state index contributed by atoms with van der Waals surface area (Å²) in [5.41, 5.74) is 2.66. The van der Waals surface area contributed by atoms with Gasteiger partial charge in [0, 0.05) is 0 Å². The van der Waals surface area contributed by atoms with Crippen molar-refractivity contribution >= 4 is 0 Å². The maximum absolute atomic E-state index is 3.61. The van der Waals surface area contributed by atoms with E-state index >= 15 is 0 Å². The fourth-order valence-corrected chi connectivity index (χ4v) is 2.05. The average molecular weight is 222 g/mol. The Morgan fingerprint density at radius 2 is 1.00 bits per heavy atom. The van der Waals surface area contributed by atoms with Crippen LogP contribution in [0.15, 0.2) is 60.7 Å². The molecule has 0 amide bonds. The molecule has 0 aromatic heterocycles. The summed E-state index contributed by atoms with van der Waals surface area (Å²) in [7, 11) is 0. The third-order valence-corrected chi connectivity index (χ3v) is 3.10. The number of rotatable bonds is 4. The molecule has 0 aliphatic carbocycles. The topological polar surface area (TPSA) is 0 Å². The lowest BCUT2D eigenvalue weighted by atomic mass is 9.87. The Hall–Kier alpha value is -1.56. The Bertz CT molecular complexity index is 387. The fourth-order valence-electron chi connectivity index (χ4n) is 2.05. The first-order valence-electron chi connectivity index (χ1n) is 6.13. The van der Waals surface area contributed by atoms with Gasteiger partial charge in [0.05, 0.1) is 0 Å². The van der Waals surface area contributed by atoms with E-state index in [1.807, 2.05) is 0 Å². The Balaban J connectivity index is 2.02. The lowest BCUT2D eigenvalue weighted by Crippen LogP contribution is -2.02. The first-order valence-corrected chi connectivity index (χ1v) is 6.13. The van der Waals surface area contributed by atoms with E-state index in [9.17, 15) is 0 Å². The molecule has 0 saturated carbocycles. The standard InChI is InChI=1S/C17H18/c1-14(16-9-5-3-6-10-16)13-15(2)17-11-7-4-8-12-17/h3-12,14-15H,1-2H3. The second-order valence-corrected chi connectivity index (χ2v) is 4.43. The van der Waals surface area contributed by atoms with Gasteiger partial charge in [-0.2, -0.15) is 0 Å². The second-order valence-electron chi connectivity index (χ2n) is 4.43. The molecule has 0 bridgehead atoms. The van der Waals surface area contributed by atoms with Gasteiger partial charge in [0.2, 0.25) is 0 Å². The summed E-state index contributed by atoms with van der Waals surface area (Å²) < 4.78 is 0. The average Bonchev–Trinajstić information content (AvgIpc) is 2.40. The van der Waals surface area contributed by atoms with Crippen molar-refractivity contribution in [1.29, 1.82) is 0 Å².